The van der Waals surface area contributed by atoms with Crippen molar-refractivity contribution in [3.8, 4) is 0 Å². The van der Waals surface area contributed by atoms with E-state index in [-0.39, 0.29) is 5.91 Å². The number of rotatable bonds is 6. The molecular weight excluding hydrogens is 380 g/mol. The minimum atomic E-state index is -0.453. The average Bonchev–Trinajstić information content (AvgIpc) is 3.17. The Bertz CT molecular complexity index is 860. The number of aryl methyl sites for hydroxylation is 1. The second-order valence-electron chi connectivity index (χ2n) is 8.89. The highest BCUT2D eigenvalue weighted by Gasteiger charge is 2.40. The summed E-state index contributed by atoms with van der Waals surface area (Å²) >= 11 is 0. The van der Waals surface area contributed by atoms with Gasteiger partial charge in [0.15, 0.2) is 0 Å². The summed E-state index contributed by atoms with van der Waals surface area (Å²) in [5.41, 5.74) is 3.56. The van der Waals surface area contributed by atoms with Gasteiger partial charge in [0.2, 0.25) is 5.91 Å². The molecule has 1 aromatic heterocycles. The van der Waals surface area contributed by atoms with Crippen molar-refractivity contribution in [3.63, 3.8) is 0 Å². The van der Waals surface area contributed by atoms with Crippen LogP contribution in [-0.4, -0.2) is 54.5 Å². The molecule has 1 atom stereocenters. The Labute approximate surface area is 178 Å². The lowest BCUT2D eigenvalue weighted by Crippen LogP contribution is -2.46. The maximum Gasteiger partial charge on any atom is 0.227 e. The number of carbonyl (C=O) groups excluding carboxylic acids is 1. The van der Waals surface area contributed by atoms with E-state index in [2.05, 4.69) is 51.8 Å². The van der Waals surface area contributed by atoms with Crippen LogP contribution >= 0.6 is 0 Å². The maximum absolute atomic E-state index is 13.3. The van der Waals surface area contributed by atoms with Crippen molar-refractivity contribution < 1.29 is 14.2 Å². The van der Waals surface area contributed by atoms with Crippen LogP contribution in [0.2, 0.25) is 0 Å². The molecule has 1 amide bonds. The van der Waals surface area contributed by atoms with Gasteiger partial charge in [0.1, 0.15) is 11.4 Å². The molecule has 7 nitrogen and oxygen atoms in total. The Kier molecular flexibility index (Phi) is 6.49. The van der Waals surface area contributed by atoms with E-state index in [4.69, 9.17) is 9.37 Å². The number of aromatic nitrogens is 2. The SMILES string of the molecule is Cc1nonc1CNC(=O)C1(Cc2cccc(C3CCCN(C)C3)c2)CCOCC1. The van der Waals surface area contributed by atoms with Crippen molar-refractivity contribution in [1.29, 1.82) is 0 Å². The van der Waals surface area contributed by atoms with Crippen LogP contribution in [-0.2, 0) is 22.5 Å². The molecule has 2 aromatic rings. The molecule has 3 heterocycles. The molecule has 1 unspecified atom stereocenters. The van der Waals surface area contributed by atoms with E-state index >= 15 is 0 Å². The first-order valence-corrected chi connectivity index (χ1v) is 11.0. The summed E-state index contributed by atoms with van der Waals surface area (Å²) in [5.74, 6) is 0.641. The monoisotopic (exact) mass is 412 g/mol. The van der Waals surface area contributed by atoms with E-state index in [1.165, 1.54) is 30.5 Å². The van der Waals surface area contributed by atoms with Crippen molar-refractivity contribution in [3.05, 3.63) is 46.8 Å². The van der Waals surface area contributed by atoms with Crippen LogP contribution in [0.3, 0.4) is 0 Å². The fraction of sp³-hybridized carbons (Fsp3) is 0.609. The summed E-state index contributed by atoms with van der Waals surface area (Å²) in [6.07, 6.45) is 4.66. The molecule has 1 N–H and O–H groups in total. The lowest BCUT2D eigenvalue weighted by Gasteiger charge is -2.36. The van der Waals surface area contributed by atoms with Crippen LogP contribution < -0.4 is 5.32 Å². The zero-order valence-corrected chi connectivity index (χ0v) is 18.0. The molecule has 0 bridgehead atoms. The van der Waals surface area contributed by atoms with Crippen molar-refractivity contribution in [1.82, 2.24) is 20.5 Å². The standard InChI is InChI=1S/C23H32N4O3/c1-17-21(26-30-25-17)15-24-22(28)23(8-11-29-12-9-23)14-18-5-3-6-19(13-18)20-7-4-10-27(2)16-20/h3,5-6,13,20H,4,7-12,14-16H2,1-2H3,(H,24,28). The quantitative estimate of drug-likeness (QED) is 0.786. The lowest BCUT2D eigenvalue weighted by atomic mass is 9.74. The zero-order chi connectivity index (χ0) is 21.0. The summed E-state index contributed by atoms with van der Waals surface area (Å²) in [6, 6.07) is 8.87. The van der Waals surface area contributed by atoms with Crippen LogP contribution in [0.4, 0.5) is 0 Å². The third kappa shape index (κ3) is 4.73. The molecule has 1 aromatic carbocycles. The molecule has 2 fully saturated rings. The number of likely N-dealkylation sites (N-methyl/N-ethyl adjacent to an activating group) is 1. The van der Waals surface area contributed by atoms with Crippen LogP contribution in [0.15, 0.2) is 28.9 Å². The number of piperidine rings is 1. The predicted octanol–water partition coefficient (Wildman–Crippen LogP) is 2.84. The summed E-state index contributed by atoms with van der Waals surface area (Å²) < 4.78 is 10.3. The van der Waals surface area contributed by atoms with Gasteiger partial charge in [-0.15, -0.1) is 0 Å². The fourth-order valence-corrected chi connectivity index (χ4v) is 4.79. The molecule has 4 rings (SSSR count). The summed E-state index contributed by atoms with van der Waals surface area (Å²) in [5, 5.41) is 10.7. The molecule has 0 spiro atoms. The van der Waals surface area contributed by atoms with Gasteiger partial charge in [-0.25, -0.2) is 4.63 Å². The van der Waals surface area contributed by atoms with E-state index in [1.54, 1.807) is 0 Å². The number of hydrogen-bond acceptors (Lipinski definition) is 6. The first kappa shape index (κ1) is 21.0. The van der Waals surface area contributed by atoms with Crippen LogP contribution in [0, 0.1) is 12.3 Å². The van der Waals surface area contributed by atoms with Gasteiger partial charge < -0.3 is 15.0 Å². The Hall–Kier alpha value is -2.25. The number of likely N-dealkylation sites (tertiary alicyclic amines) is 1. The normalized spacial score (nSPS) is 22.0. The number of carbonyl (C=O) groups is 1. The molecule has 2 aliphatic heterocycles. The molecule has 7 heteroatoms. The van der Waals surface area contributed by atoms with Gasteiger partial charge >= 0.3 is 0 Å². The molecule has 2 saturated heterocycles. The fourth-order valence-electron chi connectivity index (χ4n) is 4.79. The average molecular weight is 413 g/mol. The molecule has 0 radical (unpaired) electrons. The first-order chi connectivity index (χ1) is 14.6. The molecule has 30 heavy (non-hydrogen) atoms. The maximum atomic E-state index is 13.3. The van der Waals surface area contributed by atoms with E-state index in [1.807, 2.05) is 6.92 Å². The smallest absolute Gasteiger partial charge is 0.227 e. The third-order valence-corrected chi connectivity index (χ3v) is 6.68. The minimum Gasteiger partial charge on any atom is -0.381 e. The first-order valence-electron chi connectivity index (χ1n) is 11.0. The molecular formula is C23H32N4O3. The van der Waals surface area contributed by atoms with Crippen molar-refractivity contribution in [2.24, 2.45) is 5.41 Å². The van der Waals surface area contributed by atoms with Crippen molar-refractivity contribution >= 4 is 5.91 Å². The van der Waals surface area contributed by atoms with E-state index in [0.29, 0.717) is 37.1 Å². The summed E-state index contributed by atoms with van der Waals surface area (Å²) in [6.45, 7) is 5.69. The largest absolute Gasteiger partial charge is 0.381 e. The second-order valence-corrected chi connectivity index (χ2v) is 8.89. The second kappa shape index (κ2) is 9.27. The topological polar surface area (TPSA) is 80.5 Å². The molecule has 0 aliphatic carbocycles. The van der Waals surface area contributed by atoms with Crippen LogP contribution in [0.5, 0.6) is 0 Å². The highest BCUT2D eigenvalue weighted by atomic mass is 16.6. The van der Waals surface area contributed by atoms with Gasteiger partial charge in [-0.05, 0) is 69.7 Å². The Balaban J connectivity index is 1.49. The molecule has 162 valence electrons. The van der Waals surface area contributed by atoms with Gasteiger partial charge in [-0.2, -0.15) is 0 Å². The number of amides is 1. The number of nitrogens with one attached hydrogen (secondary N) is 1. The Morgan fingerprint density at radius 3 is 2.87 bits per heavy atom. The van der Waals surface area contributed by atoms with Gasteiger partial charge in [0, 0.05) is 19.8 Å². The minimum absolute atomic E-state index is 0.0657. The van der Waals surface area contributed by atoms with E-state index in [0.717, 1.165) is 25.8 Å². The number of ether oxygens (including phenoxy) is 1. The summed E-state index contributed by atoms with van der Waals surface area (Å²) in [7, 11) is 2.20. The highest BCUT2D eigenvalue weighted by Crippen LogP contribution is 2.36. The molecule has 2 aliphatic rings. The van der Waals surface area contributed by atoms with Crippen molar-refractivity contribution in [2.45, 2.75) is 51.5 Å². The molecule has 0 saturated carbocycles. The van der Waals surface area contributed by atoms with Gasteiger partial charge in [0.25, 0.3) is 0 Å². The van der Waals surface area contributed by atoms with Gasteiger partial charge in [0.05, 0.1) is 12.0 Å². The van der Waals surface area contributed by atoms with Crippen LogP contribution in [0.1, 0.15) is 54.1 Å². The number of nitrogens with zero attached hydrogens (tertiary/aromatic N) is 3. The highest BCUT2D eigenvalue weighted by molar-refractivity contribution is 5.83. The van der Waals surface area contributed by atoms with Crippen molar-refractivity contribution in [2.75, 3.05) is 33.4 Å². The lowest BCUT2D eigenvalue weighted by molar-refractivity contribution is -0.136. The van der Waals surface area contributed by atoms with E-state index < -0.39 is 5.41 Å². The Morgan fingerprint density at radius 1 is 1.30 bits per heavy atom. The Morgan fingerprint density at radius 2 is 2.13 bits per heavy atom. The number of benzene rings is 1. The zero-order valence-electron chi connectivity index (χ0n) is 18.0. The summed E-state index contributed by atoms with van der Waals surface area (Å²) in [4.78, 5) is 15.7. The van der Waals surface area contributed by atoms with Gasteiger partial charge in [-0.1, -0.05) is 34.6 Å². The van der Waals surface area contributed by atoms with E-state index in [9.17, 15) is 4.79 Å². The third-order valence-electron chi connectivity index (χ3n) is 6.68. The predicted molar refractivity (Wildman–Crippen MR) is 113 cm³/mol. The van der Waals surface area contributed by atoms with Gasteiger partial charge in [-0.3, -0.25) is 4.79 Å². The van der Waals surface area contributed by atoms with Crippen LogP contribution in [0.25, 0.3) is 0 Å². The number of hydrogen-bond donors (Lipinski definition) is 1.